The Kier molecular flexibility index (Phi) is 4.37. The summed E-state index contributed by atoms with van der Waals surface area (Å²) in [6, 6.07) is 16.5. The van der Waals surface area contributed by atoms with Crippen LogP contribution in [0.15, 0.2) is 59.8 Å². The summed E-state index contributed by atoms with van der Waals surface area (Å²) >= 11 is 5.92. The third kappa shape index (κ3) is 3.97. The number of hydrogen-bond donors (Lipinski definition) is 0. The maximum Gasteiger partial charge on any atom is 0.344 e. The number of rotatable bonds is 3. The Morgan fingerprint density at radius 1 is 1.05 bits per heavy atom. The molecule has 0 radical (unpaired) electrons. The molecule has 0 heterocycles. The standard InChI is InChI=1S/C16H13ClO2/c1-12-7-9-13(10-8-12)11-15(17)19-16(18)14-5-3-2-4-6-14/h2-11H,1H3/b15-11+. The summed E-state index contributed by atoms with van der Waals surface area (Å²) in [7, 11) is 0. The molecule has 2 nitrogen and oxygen atoms in total. The molecule has 3 heteroatoms. The highest BCUT2D eigenvalue weighted by molar-refractivity contribution is 6.31. The Morgan fingerprint density at radius 2 is 1.68 bits per heavy atom. The van der Waals surface area contributed by atoms with Crippen molar-refractivity contribution in [2.45, 2.75) is 6.92 Å². The molecule has 0 saturated heterocycles. The molecule has 0 fully saturated rings. The summed E-state index contributed by atoms with van der Waals surface area (Å²) in [5.74, 6) is -0.464. The highest BCUT2D eigenvalue weighted by Gasteiger charge is 2.07. The van der Waals surface area contributed by atoms with E-state index >= 15 is 0 Å². The zero-order valence-electron chi connectivity index (χ0n) is 10.5. The average molecular weight is 273 g/mol. The SMILES string of the molecule is Cc1ccc(/C=C(\Cl)OC(=O)c2ccccc2)cc1. The van der Waals surface area contributed by atoms with Gasteiger partial charge in [0.25, 0.3) is 0 Å². The van der Waals surface area contributed by atoms with E-state index in [1.165, 1.54) is 0 Å². The van der Waals surface area contributed by atoms with Gasteiger partial charge in [-0.05, 0) is 36.2 Å². The molecule has 0 aliphatic rings. The van der Waals surface area contributed by atoms with Gasteiger partial charge in [0.1, 0.15) is 0 Å². The third-order valence-corrected chi connectivity index (χ3v) is 2.74. The van der Waals surface area contributed by atoms with Crippen LogP contribution in [0.4, 0.5) is 0 Å². The van der Waals surface area contributed by atoms with Crippen LogP contribution in [0.25, 0.3) is 6.08 Å². The first kappa shape index (κ1) is 13.4. The average Bonchev–Trinajstić information content (AvgIpc) is 2.42. The monoisotopic (exact) mass is 272 g/mol. The van der Waals surface area contributed by atoms with Gasteiger partial charge in [0.2, 0.25) is 0 Å². The van der Waals surface area contributed by atoms with Gasteiger partial charge in [0.05, 0.1) is 5.56 Å². The maximum atomic E-state index is 11.8. The molecule has 2 rings (SSSR count). The molecular formula is C16H13ClO2. The molecule has 0 aromatic heterocycles. The van der Waals surface area contributed by atoms with Crippen molar-refractivity contribution in [1.29, 1.82) is 0 Å². The van der Waals surface area contributed by atoms with E-state index in [2.05, 4.69) is 0 Å². The summed E-state index contributed by atoms with van der Waals surface area (Å²) in [4.78, 5) is 11.8. The normalized spacial score (nSPS) is 11.2. The predicted molar refractivity (Wildman–Crippen MR) is 76.9 cm³/mol. The van der Waals surface area contributed by atoms with E-state index in [-0.39, 0.29) is 5.22 Å². The Bertz CT molecular complexity index is 586. The fourth-order valence-electron chi connectivity index (χ4n) is 1.54. The van der Waals surface area contributed by atoms with E-state index in [1.807, 2.05) is 37.3 Å². The van der Waals surface area contributed by atoms with E-state index < -0.39 is 5.97 Å². The number of halogens is 1. The van der Waals surface area contributed by atoms with Crippen LogP contribution in [-0.2, 0) is 4.74 Å². The van der Waals surface area contributed by atoms with Crippen molar-refractivity contribution >= 4 is 23.6 Å². The Balaban J connectivity index is 2.07. The van der Waals surface area contributed by atoms with Crippen LogP contribution in [0.2, 0.25) is 0 Å². The minimum absolute atomic E-state index is 0.0534. The summed E-state index contributed by atoms with van der Waals surface area (Å²) in [6.45, 7) is 2.00. The molecule has 0 aliphatic carbocycles. The lowest BCUT2D eigenvalue weighted by molar-refractivity contribution is 0.0652. The number of carbonyl (C=O) groups is 1. The predicted octanol–water partition coefficient (Wildman–Crippen LogP) is 4.39. The molecule has 96 valence electrons. The molecular weight excluding hydrogens is 260 g/mol. The van der Waals surface area contributed by atoms with Crippen LogP contribution >= 0.6 is 11.6 Å². The van der Waals surface area contributed by atoms with Crippen LogP contribution in [0.3, 0.4) is 0 Å². The first-order valence-electron chi connectivity index (χ1n) is 5.86. The molecule has 0 saturated carbocycles. The second kappa shape index (κ2) is 6.21. The van der Waals surface area contributed by atoms with Crippen LogP contribution < -0.4 is 0 Å². The smallest absolute Gasteiger partial charge is 0.344 e. The van der Waals surface area contributed by atoms with Gasteiger partial charge in [-0.1, -0.05) is 48.0 Å². The number of hydrogen-bond acceptors (Lipinski definition) is 2. The lowest BCUT2D eigenvalue weighted by Crippen LogP contribution is -2.02. The number of esters is 1. The Morgan fingerprint density at radius 3 is 2.32 bits per heavy atom. The van der Waals surface area contributed by atoms with Crippen molar-refractivity contribution in [3.05, 3.63) is 76.5 Å². The minimum atomic E-state index is -0.464. The van der Waals surface area contributed by atoms with Crippen LogP contribution in [0.1, 0.15) is 21.5 Å². The van der Waals surface area contributed by atoms with E-state index in [9.17, 15) is 4.79 Å². The van der Waals surface area contributed by atoms with Gasteiger partial charge in [0.15, 0.2) is 5.22 Å². The quantitative estimate of drug-likeness (QED) is 0.612. The fraction of sp³-hybridized carbons (Fsp3) is 0.0625. The van der Waals surface area contributed by atoms with Crippen molar-refractivity contribution in [1.82, 2.24) is 0 Å². The van der Waals surface area contributed by atoms with Crippen LogP contribution in [0, 0.1) is 6.92 Å². The minimum Gasteiger partial charge on any atom is -0.410 e. The number of carbonyl (C=O) groups excluding carboxylic acids is 1. The topological polar surface area (TPSA) is 26.3 Å². The van der Waals surface area contributed by atoms with Crippen molar-refractivity contribution in [2.75, 3.05) is 0 Å². The van der Waals surface area contributed by atoms with Gasteiger partial charge >= 0.3 is 5.97 Å². The lowest BCUT2D eigenvalue weighted by Gasteiger charge is -2.02. The van der Waals surface area contributed by atoms with Crippen molar-refractivity contribution in [3.8, 4) is 0 Å². The highest BCUT2D eigenvalue weighted by atomic mass is 35.5. The maximum absolute atomic E-state index is 11.8. The van der Waals surface area contributed by atoms with E-state index in [1.54, 1.807) is 30.3 Å². The third-order valence-electron chi connectivity index (χ3n) is 2.56. The van der Waals surface area contributed by atoms with Gasteiger partial charge < -0.3 is 4.74 Å². The van der Waals surface area contributed by atoms with E-state index in [0.29, 0.717) is 5.56 Å². The molecule has 0 atom stereocenters. The van der Waals surface area contributed by atoms with Gasteiger partial charge in [0, 0.05) is 6.08 Å². The van der Waals surface area contributed by atoms with Gasteiger partial charge in [-0.3, -0.25) is 0 Å². The number of ether oxygens (including phenoxy) is 1. The molecule has 0 amide bonds. The second-order valence-electron chi connectivity index (χ2n) is 4.11. The molecule has 0 spiro atoms. The Hall–Kier alpha value is -2.06. The van der Waals surface area contributed by atoms with Crippen molar-refractivity contribution in [3.63, 3.8) is 0 Å². The largest absolute Gasteiger partial charge is 0.410 e. The number of benzene rings is 2. The van der Waals surface area contributed by atoms with Crippen molar-refractivity contribution < 1.29 is 9.53 Å². The molecule has 0 N–H and O–H groups in total. The summed E-state index contributed by atoms with van der Waals surface area (Å²) in [5, 5.41) is 0.0534. The zero-order chi connectivity index (χ0) is 13.7. The van der Waals surface area contributed by atoms with E-state index in [0.717, 1.165) is 11.1 Å². The lowest BCUT2D eigenvalue weighted by atomic mass is 10.1. The molecule has 2 aromatic rings. The number of aryl methyl sites for hydroxylation is 1. The molecule has 2 aromatic carbocycles. The molecule has 0 unspecified atom stereocenters. The van der Waals surface area contributed by atoms with Crippen LogP contribution in [0.5, 0.6) is 0 Å². The Labute approximate surface area is 117 Å². The van der Waals surface area contributed by atoms with Crippen LogP contribution in [-0.4, -0.2) is 5.97 Å². The van der Waals surface area contributed by atoms with Gasteiger partial charge in [-0.15, -0.1) is 0 Å². The molecule has 0 aliphatic heterocycles. The highest BCUT2D eigenvalue weighted by Crippen LogP contribution is 2.14. The van der Waals surface area contributed by atoms with Crippen molar-refractivity contribution in [2.24, 2.45) is 0 Å². The summed E-state index contributed by atoms with van der Waals surface area (Å²) in [6.07, 6.45) is 1.61. The first-order chi connectivity index (χ1) is 9.15. The molecule has 0 bridgehead atoms. The van der Waals surface area contributed by atoms with Gasteiger partial charge in [-0.25, -0.2) is 4.79 Å². The summed E-state index contributed by atoms with van der Waals surface area (Å²) < 4.78 is 5.06. The second-order valence-corrected chi connectivity index (χ2v) is 4.49. The first-order valence-corrected chi connectivity index (χ1v) is 6.24. The van der Waals surface area contributed by atoms with E-state index in [4.69, 9.17) is 16.3 Å². The fourth-order valence-corrected chi connectivity index (χ4v) is 1.74. The zero-order valence-corrected chi connectivity index (χ0v) is 11.2. The summed E-state index contributed by atoms with van der Waals surface area (Å²) in [5.41, 5.74) is 2.52. The van der Waals surface area contributed by atoms with Gasteiger partial charge in [-0.2, -0.15) is 0 Å². The molecule has 19 heavy (non-hydrogen) atoms.